The molecule has 116 heavy (non-hydrogen) atoms. The Labute approximate surface area is 673 Å². The van der Waals surface area contributed by atoms with E-state index in [0.29, 0.717) is 51.4 Å². The molecule has 4 heterocycles. The van der Waals surface area contributed by atoms with E-state index in [1.807, 2.05) is 53.7 Å². The predicted octanol–water partition coefficient (Wildman–Crippen LogP) is 4.49. The van der Waals surface area contributed by atoms with Gasteiger partial charge in [0.1, 0.15) is 73.2 Å². The first-order valence-electron chi connectivity index (χ1n) is 41.5. The fourth-order valence-electron chi connectivity index (χ4n) is 26.7. The van der Waals surface area contributed by atoms with E-state index in [9.17, 15) is 120 Å². The van der Waals surface area contributed by atoms with Crippen LogP contribution in [0.4, 0.5) is 0 Å². The lowest BCUT2D eigenvalue weighted by molar-refractivity contribution is -0.371. The van der Waals surface area contributed by atoms with E-state index in [-0.39, 0.29) is 68.7 Å². The number of aliphatic hydroxyl groups is 10. The van der Waals surface area contributed by atoms with Gasteiger partial charge in [-0.05, 0) is 219 Å². The molecule has 8 saturated carbocycles. The van der Waals surface area contributed by atoms with Gasteiger partial charge in [0, 0.05) is 11.8 Å². The molecule has 0 unspecified atom stereocenters. The molecule has 4 aliphatic heterocycles. The number of aliphatic carboxylic acids is 6. The number of rotatable bonds is 14. The molecule has 10 aliphatic carbocycles. The lowest BCUT2D eigenvalue weighted by Gasteiger charge is -2.70. The molecule has 38 atom stereocenters. The van der Waals surface area contributed by atoms with Crippen molar-refractivity contribution in [1.29, 1.82) is 0 Å². The van der Waals surface area contributed by atoms with Gasteiger partial charge in [0.05, 0.1) is 23.0 Å². The molecule has 0 aromatic heterocycles. The Balaban J connectivity index is 0.000000202. The predicted molar refractivity (Wildman–Crippen MR) is 399 cm³/mol. The number of carbonyl (C=O) groups excluding carboxylic acids is 2. The Kier molecular flexibility index (Phi) is 22.8. The molecule has 32 nitrogen and oxygen atoms in total. The molecule has 4 saturated heterocycles. The van der Waals surface area contributed by atoms with Crippen LogP contribution in [0.5, 0.6) is 0 Å². The minimum Gasteiger partial charge on any atom is -0.481 e. The first-order valence-corrected chi connectivity index (χ1v) is 41.5. The Morgan fingerprint density at radius 3 is 0.940 bits per heavy atom. The number of carboxylic acid groups (broad SMARTS) is 6. The molecule has 14 aliphatic rings. The fraction of sp³-hybridized carbons (Fsp3) is 0.857. The summed E-state index contributed by atoms with van der Waals surface area (Å²) in [5.74, 6) is -8.94. The monoisotopic (exact) mass is 1640 g/mol. The van der Waals surface area contributed by atoms with Crippen molar-refractivity contribution in [3.05, 3.63) is 23.3 Å². The molecule has 0 amide bonds. The molecule has 652 valence electrons. The zero-order valence-corrected chi connectivity index (χ0v) is 68.7. The lowest BCUT2D eigenvalue weighted by atomic mass is 9.33. The highest BCUT2D eigenvalue weighted by Gasteiger charge is 2.74. The maximum absolute atomic E-state index is 14.8. The fourth-order valence-corrected chi connectivity index (χ4v) is 26.7. The first kappa shape index (κ1) is 88.7. The maximum atomic E-state index is 14.8. The van der Waals surface area contributed by atoms with E-state index in [4.69, 9.17) is 37.9 Å². The van der Waals surface area contributed by atoms with Gasteiger partial charge in [0.15, 0.2) is 61.1 Å². The zero-order valence-electron chi connectivity index (χ0n) is 68.7. The largest absolute Gasteiger partial charge is 0.481 e. The van der Waals surface area contributed by atoms with Crippen LogP contribution in [-0.2, 0) is 76.3 Å². The van der Waals surface area contributed by atoms with E-state index >= 15 is 0 Å². The van der Waals surface area contributed by atoms with E-state index in [1.54, 1.807) is 0 Å². The molecule has 0 radical (unpaired) electrons. The van der Waals surface area contributed by atoms with Crippen LogP contribution in [0.15, 0.2) is 23.3 Å². The second kappa shape index (κ2) is 29.9. The van der Waals surface area contributed by atoms with Crippen LogP contribution in [0.25, 0.3) is 0 Å². The van der Waals surface area contributed by atoms with E-state index < -0.39 is 214 Å². The smallest absolute Gasteiger partial charge is 0.335 e. The molecule has 16 N–H and O–H groups in total. The van der Waals surface area contributed by atoms with Crippen LogP contribution in [0.2, 0.25) is 0 Å². The van der Waals surface area contributed by atoms with Gasteiger partial charge in [-0.1, -0.05) is 94.2 Å². The lowest BCUT2D eigenvalue weighted by Crippen LogP contribution is -2.68. The molecule has 14 rings (SSSR count). The summed E-state index contributed by atoms with van der Waals surface area (Å²) >= 11 is 0. The summed E-state index contributed by atoms with van der Waals surface area (Å²) in [6.45, 7) is 29.7. The Hall–Kier alpha value is -5.08. The quantitative estimate of drug-likeness (QED) is 0.107. The van der Waals surface area contributed by atoms with Crippen molar-refractivity contribution >= 4 is 47.4 Å². The van der Waals surface area contributed by atoms with Crippen molar-refractivity contribution < 1.29 is 158 Å². The van der Waals surface area contributed by atoms with Crippen LogP contribution < -0.4 is 0 Å². The minimum absolute atomic E-state index is 0.0217. The van der Waals surface area contributed by atoms with Crippen molar-refractivity contribution in [2.75, 3.05) is 0 Å². The summed E-state index contributed by atoms with van der Waals surface area (Å²) in [4.78, 5) is 103. The normalized spacial score (nSPS) is 52.6. The Bertz CT molecular complexity index is 3710. The number of carboxylic acids is 6. The summed E-state index contributed by atoms with van der Waals surface area (Å²) in [6, 6.07) is 0. The molecule has 12 fully saturated rings. The molecule has 0 spiro atoms. The van der Waals surface area contributed by atoms with Gasteiger partial charge in [0.25, 0.3) is 0 Å². The molecule has 32 heteroatoms. The van der Waals surface area contributed by atoms with E-state index in [1.165, 1.54) is 0 Å². The average molecular weight is 1650 g/mol. The minimum atomic E-state index is -2.05. The van der Waals surface area contributed by atoms with E-state index in [0.717, 1.165) is 75.4 Å². The van der Waals surface area contributed by atoms with Gasteiger partial charge in [-0.3, -0.25) is 19.2 Å². The molecule has 0 aromatic carbocycles. The van der Waals surface area contributed by atoms with Crippen molar-refractivity contribution in [1.82, 2.24) is 0 Å². The number of hydrogen-bond acceptors (Lipinski definition) is 26. The number of carbonyl (C=O) groups is 8. The number of ether oxygens (including phenoxy) is 8. The number of allylic oxidation sites excluding steroid dienone is 4. The second-order valence-electron chi connectivity index (χ2n) is 41.2. The highest BCUT2D eigenvalue weighted by Crippen LogP contribution is 2.78. The van der Waals surface area contributed by atoms with Gasteiger partial charge in [-0.25, -0.2) is 19.2 Å². The summed E-state index contributed by atoms with van der Waals surface area (Å²) in [7, 11) is 0. The highest BCUT2D eigenvalue weighted by atomic mass is 16.8. The zero-order chi connectivity index (χ0) is 85.7. The van der Waals surface area contributed by atoms with Crippen molar-refractivity contribution in [3.8, 4) is 0 Å². The SMILES string of the molecule is CC1(C)[C@@H](O[C@H]2O[C@H](C(=O)O)[C@@H](O)[C@H](O)[C@H]2O[C@@H]2O[C@H](C(=O)O)[C@@H](O)[C@H](O)[C@H]2O)CC[C@]2(C)[C@H]3C(=O)C=C4[C@@H]5C[C@@](C)(C(=O)O)CC[C@]5(C)CC[C@@]4(C)[C@]3(C)CC[C@@H]12.CC1(C)[C@@H](O[C@H]2O[C@H](C(=O)O)[C@@H](O)[C@H](O)[C@H]2O[C@@H]2O[C@H](C(=O)O)[C@@H](O)[C@H](O)[C@H]2O)CC[C@]2(C)[C@H]3C(=O)C=C4[C@@H]5C[C@@](C)(C(=O)O)CC[C@]5(C)CC[C@@]4(C)[C@]3(C)CC[C@@H]12. The van der Waals surface area contributed by atoms with Crippen molar-refractivity contribution in [2.24, 2.45) is 100 Å². The van der Waals surface area contributed by atoms with Gasteiger partial charge < -0.3 is 120 Å². The summed E-state index contributed by atoms with van der Waals surface area (Å²) in [6.07, 6.45) is -24.5. The average Bonchev–Trinajstić information content (AvgIpc) is 0.675. The summed E-state index contributed by atoms with van der Waals surface area (Å²) in [5, 5.41) is 166. The summed E-state index contributed by atoms with van der Waals surface area (Å²) < 4.78 is 46.8. The topological polar surface area (TPSA) is 534 Å². The van der Waals surface area contributed by atoms with Crippen LogP contribution in [-0.4, -0.2) is 264 Å². The third-order valence-electron chi connectivity index (χ3n) is 34.4. The number of hydrogen-bond donors (Lipinski definition) is 16. The van der Waals surface area contributed by atoms with Gasteiger partial charge >= 0.3 is 35.8 Å². The standard InChI is InChI=1S/2C42H62O16/c2*1-37(2)21-8-11-42(7)31(20(43)16-18-19-17-39(4,36(53)54)13-12-38(19,3)14-15-41(18,42)6)40(21,5)10-9-22(37)55-35-30(26(47)25(46)29(57-35)33(51)52)58-34-27(48)23(44)24(45)28(56-34)32(49)50/h2*16,19,21-31,34-35,44-48H,8-15,17H2,1-7H3,(H,49,50)(H,51,52)(H,53,54)/t2*19-,21-,22-,23-,24-,25-,26-,27+,28-,29-,30+,31+,34-,35-,38+,39-,40-,41+,42+/m00/s1. The second-order valence-corrected chi connectivity index (χ2v) is 41.2. The molecule has 0 aromatic rings. The number of ketones is 2. The third-order valence-corrected chi connectivity index (χ3v) is 34.4. The number of fused-ring (bicyclic) bond motifs is 14. The van der Waals surface area contributed by atoms with Crippen LogP contribution in [0.1, 0.15) is 213 Å². The van der Waals surface area contributed by atoms with Crippen LogP contribution in [0, 0.1) is 100 Å². The van der Waals surface area contributed by atoms with Crippen molar-refractivity contribution in [2.45, 2.75) is 348 Å². The van der Waals surface area contributed by atoms with Crippen molar-refractivity contribution in [3.63, 3.8) is 0 Å². The Morgan fingerprint density at radius 2 is 0.638 bits per heavy atom. The van der Waals surface area contributed by atoms with Gasteiger partial charge in [0.2, 0.25) is 0 Å². The number of aliphatic hydroxyl groups excluding tert-OH is 10. The third kappa shape index (κ3) is 13.5. The van der Waals surface area contributed by atoms with Crippen LogP contribution in [0.3, 0.4) is 0 Å². The maximum Gasteiger partial charge on any atom is 0.335 e. The van der Waals surface area contributed by atoms with Crippen LogP contribution >= 0.6 is 0 Å². The van der Waals surface area contributed by atoms with Gasteiger partial charge in [-0.2, -0.15) is 0 Å². The summed E-state index contributed by atoms with van der Waals surface area (Å²) in [5.41, 5.74) is -3.62. The Morgan fingerprint density at radius 1 is 0.345 bits per heavy atom. The van der Waals surface area contributed by atoms with E-state index in [2.05, 4.69) is 55.4 Å². The first-order chi connectivity index (χ1) is 53.5. The molecular formula is C84H124O32. The van der Waals surface area contributed by atoms with Gasteiger partial charge in [-0.15, -0.1) is 0 Å². The highest BCUT2D eigenvalue weighted by molar-refractivity contribution is 5.96. The molecule has 0 bridgehead atoms. The molecular weight excluding hydrogens is 1520 g/mol.